The van der Waals surface area contributed by atoms with Crippen LogP contribution >= 0.6 is 11.3 Å². The Morgan fingerprint density at radius 3 is 2.87 bits per heavy atom. The molecule has 0 bridgehead atoms. The highest BCUT2D eigenvalue weighted by atomic mass is 32.1. The molecule has 1 heterocycles. The van der Waals surface area contributed by atoms with E-state index in [0.717, 1.165) is 12.3 Å². The zero-order valence-electron chi connectivity index (χ0n) is 9.54. The van der Waals surface area contributed by atoms with E-state index in [0.29, 0.717) is 0 Å². The largest absolute Gasteiger partial charge is 0.148 e. The molecule has 82 valence electrons. The fourth-order valence-electron chi connectivity index (χ4n) is 2.39. The van der Waals surface area contributed by atoms with E-state index in [9.17, 15) is 0 Å². The van der Waals surface area contributed by atoms with Gasteiger partial charge in [0.15, 0.2) is 0 Å². The van der Waals surface area contributed by atoms with Crippen LogP contribution in [-0.4, -0.2) is 0 Å². The summed E-state index contributed by atoms with van der Waals surface area (Å²) >= 11 is 1.93. The molecule has 0 atom stereocenters. The number of hydrogen-bond donors (Lipinski definition) is 0. The molecule has 0 unspecified atom stereocenters. The van der Waals surface area contributed by atoms with E-state index in [-0.39, 0.29) is 0 Å². The Morgan fingerprint density at radius 1 is 1.33 bits per heavy atom. The molecule has 0 N–H and O–H groups in total. The van der Waals surface area contributed by atoms with Crippen LogP contribution < -0.4 is 0 Å². The molecule has 0 saturated heterocycles. The summed E-state index contributed by atoms with van der Waals surface area (Å²) in [5.74, 6) is 0.870. The van der Waals surface area contributed by atoms with Gasteiger partial charge < -0.3 is 0 Å². The minimum atomic E-state index is 0.870. The van der Waals surface area contributed by atoms with Gasteiger partial charge in [0.05, 0.1) is 0 Å². The summed E-state index contributed by atoms with van der Waals surface area (Å²) in [7, 11) is 0. The third kappa shape index (κ3) is 2.94. The second kappa shape index (κ2) is 5.50. The molecular weight excluding hydrogens is 200 g/mol. The lowest BCUT2D eigenvalue weighted by Crippen LogP contribution is -2.02. The zero-order valence-corrected chi connectivity index (χ0v) is 10.4. The van der Waals surface area contributed by atoms with Crippen LogP contribution in [0.3, 0.4) is 0 Å². The van der Waals surface area contributed by atoms with Gasteiger partial charge in [-0.2, -0.15) is 0 Å². The average molecular weight is 220 g/mol. The molecule has 15 heavy (non-hydrogen) atoms. The molecular formula is C14H20S. The summed E-state index contributed by atoms with van der Waals surface area (Å²) in [6, 6.07) is 2.43. The van der Waals surface area contributed by atoms with Gasteiger partial charge in [-0.15, -0.1) is 11.3 Å². The molecule has 0 spiro atoms. The summed E-state index contributed by atoms with van der Waals surface area (Å²) in [4.78, 5) is 1.52. The van der Waals surface area contributed by atoms with Crippen LogP contribution in [0.15, 0.2) is 23.6 Å². The molecule has 0 amide bonds. The first kappa shape index (κ1) is 10.9. The zero-order chi connectivity index (χ0) is 10.5. The number of rotatable bonds is 3. The predicted molar refractivity (Wildman–Crippen MR) is 68.7 cm³/mol. The van der Waals surface area contributed by atoms with Crippen LogP contribution in [0.4, 0.5) is 0 Å². The Hall–Kier alpha value is -0.560. The first-order valence-electron chi connectivity index (χ1n) is 6.08. The predicted octanol–water partition coefficient (Wildman–Crippen LogP) is 4.91. The lowest BCUT2D eigenvalue weighted by Gasteiger charge is -2.20. The SMILES string of the molecule is CC=CCc1cc(C2CCCCC2)cs1. The minimum absolute atomic E-state index is 0.870. The number of hydrogen-bond acceptors (Lipinski definition) is 1. The van der Waals surface area contributed by atoms with Crippen molar-refractivity contribution >= 4 is 11.3 Å². The Labute approximate surface area is 97.0 Å². The van der Waals surface area contributed by atoms with Crippen molar-refractivity contribution in [3.05, 3.63) is 34.0 Å². The monoisotopic (exact) mass is 220 g/mol. The highest BCUT2D eigenvalue weighted by Crippen LogP contribution is 2.34. The molecule has 0 nitrogen and oxygen atoms in total. The molecule has 1 saturated carbocycles. The minimum Gasteiger partial charge on any atom is -0.148 e. The third-order valence-corrected chi connectivity index (χ3v) is 4.28. The normalized spacial score (nSPS) is 18.7. The molecule has 1 aliphatic carbocycles. The van der Waals surface area contributed by atoms with E-state index in [1.54, 1.807) is 5.56 Å². The van der Waals surface area contributed by atoms with Gasteiger partial charge in [-0.3, -0.25) is 0 Å². The Balaban J connectivity index is 1.98. The van der Waals surface area contributed by atoms with Crippen LogP contribution in [-0.2, 0) is 6.42 Å². The van der Waals surface area contributed by atoms with Gasteiger partial charge in [-0.1, -0.05) is 31.4 Å². The van der Waals surface area contributed by atoms with Crippen LogP contribution in [0.25, 0.3) is 0 Å². The smallest absolute Gasteiger partial charge is 0.00858 e. The summed E-state index contributed by atoms with van der Waals surface area (Å²) in [6.45, 7) is 2.09. The molecule has 1 aliphatic rings. The first-order valence-corrected chi connectivity index (χ1v) is 6.96. The quantitative estimate of drug-likeness (QED) is 0.635. The van der Waals surface area contributed by atoms with Gasteiger partial charge in [0.25, 0.3) is 0 Å². The number of thiophene rings is 1. The van der Waals surface area contributed by atoms with Gasteiger partial charge in [0.2, 0.25) is 0 Å². The maximum absolute atomic E-state index is 2.43. The van der Waals surface area contributed by atoms with Crippen LogP contribution in [0.1, 0.15) is 55.4 Å². The molecule has 0 radical (unpaired) electrons. The Kier molecular flexibility index (Phi) is 4.01. The molecule has 2 rings (SSSR count). The first-order chi connectivity index (χ1) is 7.40. The second-order valence-corrected chi connectivity index (χ2v) is 5.45. The van der Waals surface area contributed by atoms with Crippen molar-refractivity contribution < 1.29 is 0 Å². The van der Waals surface area contributed by atoms with Crippen LogP contribution in [0.2, 0.25) is 0 Å². The van der Waals surface area contributed by atoms with Crippen molar-refractivity contribution in [2.75, 3.05) is 0 Å². The summed E-state index contributed by atoms with van der Waals surface area (Å²) in [6.07, 6.45) is 12.7. The van der Waals surface area contributed by atoms with Gasteiger partial charge in [0.1, 0.15) is 0 Å². The summed E-state index contributed by atoms with van der Waals surface area (Å²) in [5.41, 5.74) is 1.61. The molecule has 1 heteroatoms. The van der Waals surface area contributed by atoms with Crippen molar-refractivity contribution in [1.29, 1.82) is 0 Å². The lowest BCUT2D eigenvalue weighted by atomic mass is 9.85. The number of allylic oxidation sites excluding steroid dienone is 2. The molecule has 1 fully saturated rings. The van der Waals surface area contributed by atoms with Gasteiger partial charge in [-0.25, -0.2) is 0 Å². The average Bonchev–Trinajstić information content (AvgIpc) is 2.76. The van der Waals surface area contributed by atoms with Crippen LogP contribution in [0, 0.1) is 0 Å². The lowest BCUT2D eigenvalue weighted by molar-refractivity contribution is 0.444. The summed E-state index contributed by atoms with van der Waals surface area (Å²) in [5, 5.41) is 2.38. The van der Waals surface area contributed by atoms with E-state index in [4.69, 9.17) is 0 Å². The van der Waals surface area contributed by atoms with Crippen molar-refractivity contribution in [1.82, 2.24) is 0 Å². The fraction of sp³-hybridized carbons (Fsp3) is 0.571. The topological polar surface area (TPSA) is 0 Å². The molecule has 0 aromatic carbocycles. The van der Waals surface area contributed by atoms with Gasteiger partial charge >= 0.3 is 0 Å². The van der Waals surface area contributed by atoms with E-state index >= 15 is 0 Å². The highest BCUT2D eigenvalue weighted by molar-refractivity contribution is 7.10. The fourth-order valence-corrected chi connectivity index (χ4v) is 3.33. The van der Waals surface area contributed by atoms with Crippen molar-refractivity contribution in [3.8, 4) is 0 Å². The molecule has 0 aliphatic heterocycles. The Morgan fingerprint density at radius 2 is 2.13 bits per heavy atom. The second-order valence-electron chi connectivity index (χ2n) is 4.45. The maximum Gasteiger partial charge on any atom is 0.00858 e. The standard InChI is InChI=1S/C14H20S/c1-2-3-9-14-10-13(11-15-14)12-7-5-4-6-8-12/h2-3,10-12H,4-9H2,1H3. The molecule has 1 aromatic heterocycles. The van der Waals surface area contributed by atoms with Gasteiger partial charge in [-0.05, 0) is 49.1 Å². The third-order valence-electron chi connectivity index (χ3n) is 3.31. The molecule has 1 aromatic rings. The summed E-state index contributed by atoms with van der Waals surface area (Å²) < 4.78 is 0. The van der Waals surface area contributed by atoms with Gasteiger partial charge in [0, 0.05) is 4.88 Å². The van der Waals surface area contributed by atoms with E-state index in [1.807, 2.05) is 11.3 Å². The van der Waals surface area contributed by atoms with E-state index < -0.39 is 0 Å². The van der Waals surface area contributed by atoms with Crippen LogP contribution in [0.5, 0.6) is 0 Å². The van der Waals surface area contributed by atoms with E-state index in [1.165, 1.54) is 37.0 Å². The van der Waals surface area contributed by atoms with E-state index in [2.05, 4.69) is 30.5 Å². The Bertz CT molecular complexity index is 316. The highest BCUT2D eigenvalue weighted by Gasteiger charge is 2.16. The van der Waals surface area contributed by atoms with Crippen molar-refractivity contribution in [2.24, 2.45) is 0 Å². The van der Waals surface area contributed by atoms with Crippen molar-refractivity contribution in [2.45, 2.75) is 51.4 Å². The van der Waals surface area contributed by atoms with Crippen molar-refractivity contribution in [3.63, 3.8) is 0 Å². The maximum atomic E-state index is 2.43.